The van der Waals surface area contributed by atoms with E-state index in [0.29, 0.717) is 12.3 Å². The van der Waals surface area contributed by atoms with Crippen molar-refractivity contribution in [2.24, 2.45) is 0 Å². The molecule has 150 valence electrons. The summed E-state index contributed by atoms with van der Waals surface area (Å²) < 4.78 is 5.80. The SMILES string of the molecule is Cc1nc(COc2cccc(/C=C/C(=O)Nc3cccc(-c4ccn[nH]4)c3)c2)cs1. The van der Waals surface area contributed by atoms with Gasteiger partial charge in [-0.15, -0.1) is 11.3 Å². The summed E-state index contributed by atoms with van der Waals surface area (Å²) in [5, 5.41) is 12.8. The molecule has 2 aromatic carbocycles. The molecule has 2 N–H and O–H groups in total. The van der Waals surface area contributed by atoms with Crippen LogP contribution in [0.25, 0.3) is 17.3 Å². The van der Waals surface area contributed by atoms with Gasteiger partial charge in [-0.25, -0.2) is 4.98 Å². The first kappa shape index (κ1) is 19.6. The van der Waals surface area contributed by atoms with Crippen LogP contribution < -0.4 is 10.1 Å². The van der Waals surface area contributed by atoms with Gasteiger partial charge in [-0.3, -0.25) is 9.89 Å². The number of thiazole rings is 1. The van der Waals surface area contributed by atoms with E-state index in [1.165, 1.54) is 6.08 Å². The molecule has 0 saturated heterocycles. The van der Waals surface area contributed by atoms with Crippen LogP contribution in [0.5, 0.6) is 5.75 Å². The summed E-state index contributed by atoms with van der Waals surface area (Å²) in [6.07, 6.45) is 4.96. The standard InChI is InChI=1S/C23H20N4O2S/c1-16-25-20(15-30-16)14-29-21-7-2-4-17(12-21)8-9-23(28)26-19-6-3-5-18(13-19)22-10-11-24-27-22/h2-13,15H,14H2,1H3,(H,24,27)(H,26,28)/b9-8+. The first-order chi connectivity index (χ1) is 14.7. The number of nitrogens with zero attached hydrogens (tertiary/aromatic N) is 2. The minimum absolute atomic E-state index is 0.207. The molecule has 6 nitrogen and oxygen atoms in total. The molecule has 4 aromatic rings. The summed E-state index contributed by atoms with van der Waals surface area (Å²) in [7, 11) is 0. The number of aromatic amines is 1. The maximum Gasteiger partial charge on any atom is 0.248 e. The van der Waals surface area contributed by atoms with E-state index in [9.17, 15) is 4.79 Å². The molecular formula is C23H20N4O2S. The van der Waals surface area contributed by atoms with Crippen molar-refractivity contribution in [3.05, 3.63) is 88.5 Å². The van der Waals surface area contributed by atoms with Crippen molar-refractivity contribution in [2.45, 2.75) is 13.5 Å². The van der Waals surface area contributed by atoms with E-state index in [0.717, 1.165) is 33.3 Å². The van der Waals surface area contributed by atoms with Crippen molar-refractivity contribution in [1.82, 2.24) is 15.2 Å². The molecule has 0 fully saturated rings. The zero-order valence-electron chi connectivity index (χ0n) is 16.3. The van der Waals surface area contributed by atoms with Gasteiger partial charge in [0.1, 0.15) is 12.4 Å². The molecular weight excluding hydrogens is 396 g/mol. The fraction of sp³-hybridized carbons (Fsp3) is 0.0870. The number of aromatic nitrogens is 3. The third-order valence-corrected chi connectivity index (χ3v) is 5.10. The molecule has 0 saturated carbocycles. The van der Waals surface area contributed by atoms with Crippen LogP contribution in [0, 0.1) is 6.92 Å². The van der Waals surface area contributed by atoms with Crippen molar-refractivity contribution < 1.29 is 9.53 Å². The topological polar surface area (TPSA) is 79.9 Å². The number of hydrogen-bond donors (Lipinski definition) is 2. The monoisotopic (exact) mass is 416 g/mol. The molecule has 0 aliphatic heterocycles. The number of ether oxygens (including phenoxy) is 1. The lowest BCUT2D eigenvalue weighted by Crippen LogP contribution is -2.07. The minimum Gasteiger partial charge on any atom is -0.487 e. The number of hydrogen-bond acceptors (Lipinski definition) is 5. The largest absolute Gasteiger partial charge is 0.487 e. The van der Waals surface area contributed by atoms with E-state index in [1.807, 2.05) is 66.9 Å². The van der Waals surface area contributed by atoms with Gasteiger partial charge in [-0.2, -0.15) is 5.10 Å². The first-order valence-electron chi connectivity index (χ1n) is 9.38. The Bertz CT molecular complexity index is 1170. The van der Waals surface area contributed by atoms with Crippen molar-refractivity contribution in [3.8, 4) is 17.0 Å². The molecule has 2 aromatic heterocycles. The summed E-state index contributed by atoms with van der Waals surface area (Å²) >= 11 is 1.60. The van der Waals surface area contributed by atoms with Gasteiger partial charge in [0.15, 0.2) is 0 Å². The minimum atomic E-state index is -0.207. The number of benzene rings is 2. The third kappa shape index (κ3) is 5.21. The number of carbonyl (C=O) groups excluding carboxylic acids is 1. The van der Waals surface area contributed by atoms with Gasteiger partial charge in [0.25, 0.3) is 0 Å². The van der Waals surface area contributed by atoms with Crippen molar-refractivity contribution >= 4 is 29.0 Å². The number of nitrogens with one attached hydrogen (secondary N) is 2. The van der Waals surface area contributed by atoms with Crippen molar-refractivity contribution in [2.75, 3.05) is 5.32 Å². The average molecular weight is 417 g/mol. The number of anilines is 1. The molecule has 0 spiro atoms. The maximum atomic E-state index is 12.3. The molecule has 0 bridgehead atoms. The van der Waals surface area contributed by atoms with Crippen LogP contribution in [0.1, 0.15) is 16.3 Å². The fourth-order valence-electron chi connectivity index (χ4n) is 2.88. The van der Waals surface area contributed by atoms with E-state index in [-0.39, 0.29) is 5.91 Å². The first-order valence-corrected chi connectivity index (χ1v) is 10.3. The van der Waals surface area contributed by atoms with Crippen LogP contribution in [0.4, 0.5) is 5.69 Å². The normalized spacial score (nSPS) is 11.0. The highest BCUT2D eigenvalue weighted by Gasteiger charge is 2.03. The number of aryl methyl sites for hydroxylation is 1. The molecule has 0 radical (unpaired) electrons. The molecule has 0 unspecified atom stereocenters. The van der Waals surface area contributed by atoms with Crippen LogP contribution in [-0.4, -0.2) is 21.1 Å². The van der Waals surface area contributed by atoms with Gasteiger partial charge in [-0.05, 0) is 48.9 Å². The maximum absolute atomic E-state index is 12.3. The molecule has 7 heteroatoms. The Morgan fingerprint density at radius 2 is 2.10 bits per heavy atom. The lowest BCUT2D eigenvalue weighted by molar-refractivity contribution is -0.111. The molecule has 0 aliphatic rings. The van der Waals surface area contributed by atoms with E-state index >= 15 is 0 Å². The lowest BCUT2D eigenvalue weighted by atomic mass is 10.1. The van der Waals surface area contributed by atoms with Crippen LogP contribution in [-0.2, 0) is 11.4 Å². The third-order valence-electron chi connectivity index (χ3n) is 4.28. The van der Waals surface area contributed by atoms with Crippen molar-refractivity contribution in [3.63, 3.8) is 0 Å². The Hall–Kier alpha value is -3.71. The zero-order chi connectivity index (χ0) is 20.8. The molecule has 2 heterocycles. The predicted molar refractivity (Wildman–Crippen MR) is 119 cm³/mol. The van der Waals surface area contributed by atoms with Gasteiger partial charge >= 0.3 is 0 Å². The molecule has 4 rings (SSSR count). The average Bonchev–Trinajstić information content (AvgIpc) is 3.43. The second-order valence-corrected chi connectivity index (χ2v) is 7.65. The van der Waals surface area contributed by atoms with Gasteiger partial charge in [-0.1, -0.05) is 24.3 Å². The van der Waals surface area contributed by atoms with E-state index in [2.05, 4.69) is 20.5 Å². The van der Waals surface area contributed by atoms with Gasteiger partial charge in [0, 0.05) is 28.9 Å². The fourth-order valence-corrected chi connectivity index (χ4v) is 3.47. The number of amides is 1. The Kier molecular flexibility index (Phi) is 6.01. The van der Waals surface area contributed by atoms with E-state index in [1.54, 1.807) is 23.6 Å². The predicted octanol–water partition coefficient (Wildman–Crippen LogP) is 5.07. The second kappa shape index (κ2) is 9.19. The summed E-state index contributed by atoms with van der Waals surface area (Å²) in [5.74, 6) is 0.525. The smallest absolute Gasteiger partial charge is 0.248 e. The summed E-state index contributed by atoms with van der Waals surface area (Å²) in [4.78, 5) is 16.7. The Morgan fingerprint density at radius 3 is 2.90 bits per heavy atom. The zero-order valence-corrected chi connectivity index (χ0v) is 17.1. The summed E-state index contributed by atoms with van der Waals surface area (Å²) in [5.41, 5.74) is 4.35. The number of carbonyl (C=O) groups is 1. The van der Waals surface area contributed by atoms with Crippen LogP contribution in [0.2, 0.25) is 0 Å². The molecule has 0 aliphatic carbocycles. The number of H-pyrrole nitrogens is 1. The lowest BCUT2D eigenvalue weighted by Gasteiger charge is -2.06. The number of rotatable bonds is 7. The Labute approximate surface area is 178 Å². The van der Waals surface area contributed by atoms with Crippen LogP contribution in [0.3, 0.4) is 0 Å². The van der Waals surface area contributed by atoms with Crippen molar-refractivity contribution in [1.29, 1.82) is 0 Å². The van der Waals surface area contributed by atoms with Gasteiger partial charge in [0.2, 0.25) is 5.91 Å². The van der Waals surface area contributed by atoms with E-state index < -0.39 is 0 Å². The van der Waals surface area contributed by atoms with Gasteiger partial charge in [0.05, 0.1) is 16.4 Å². The molecule has 1 amide bonds. The van der Waals surface area contributed by atoms with E-state index in [4.69, 9.17) is 4.74 Å². The van der Waals surface area contributed by atoms with Crippen LogP contribution >= 0.6 is 11.3 Å². The highest BCUT2D eigenvalue weighted by Crippen LogP contribution is 2.21. The molecule has 30 heavy (non-hydrogen) atoms. The highest BCUT2D eigenvalue weighted by atomic mass is 32.1. The summed E-state index contributed by atoms with van der Waals surface area (Å²) in [6, 6.07) is 17.1. The molecule has 0 atom stereocenters. The second-order valence-electron chi connectivity index (χ2n) is 6.59. The Balaban J connectivity index is 1.36. The summed E-state index contributed by atoms with van der Waals surface area (Å²) in [6.45, 7) is 2.39. The highest BCUT2D eigenvalue weighted by molar-refractivity contribution is 7.09. The Morgan fingerprint density at radius 1 is 1.20 bits per heavy atom. The quantitative estimate of drug-likeness (QED) is 0.412. The van der Waals surface area contributed by atoms with Crippen LogP contribution in [0.15, 0.2) is 72.3 Å². The van der Waals surface area contributed by atoms with Gasteiger partial charge < -0.3 is 10.1 Å².